The van der Waals surface area contributed by atoms with Gasteiger partial charge in [-0.05, 0) is 25.5 Å². The summed E-state index contributed by atoms with van der Waals surface area (Å²) in [6, 6.07) is 3.69. The fourth-order valence-corrected chi connectivity index (χ4v) is 1.50. The zero-order valence-corrected chi connectivity index (χ0v) is 8.03. The Morgan fingerprint density at radius 2 is 2.00 bits per heavy atom. The standard InChI is InChI=1S/C10H15NO2/c1-3-6-10(2,9(12)13)11-7-4-5-8-11/h4-5,7-8H,3,6H2,1-2H3,(H,12,13). The number of hydrogen-bond donors (Lipinski definition) is 1. The number of aromatic nitrogens is 1. The van der Waals surface area contributed by atoms with E-state index in [1.54, 1.807) is 23.9 Å². The predicted octanol–water partition coefficient (Wildman–Crippen LogP) is 2.09. The Labute approximate surface area is 78.0 Å². The fraction of sp³-hybridized carbons (Fsp3) is 0.500. The van der Waals surface area contributed by atoms with Crippen molar-refractivity contribution in [1.82, 2.24) is 4.57 Å². The molecule has 1 aromatic heterocycles. The number of rotatable bonds is 4. The van der Waals surface area contributed by atoms with Gasteiger partial charge in [0, 0.05) is 12.4 Å². The highest BCUT2D eigenvalue weighted by molar-refractivity contribution is 5.76. The normalized spacial score (nSPS) is 15.2. The summed E-state index contributed by atoms with van der Waals surface area (Å²) >= 11 is 0. The van der Waals surface area contributed by atoms with E-state index in [9.17, 15) is 4.79 Å². The summed E-state index contributed by atoms with van der Waals surface area (Å²) in [5, 5.41) is 9.11. The van der Waals surface area contributed by atoms with Crippen LogP contribution in [-0.4, -0.2) is 15.6 Å². The lowest BCUT2D eigenvalue weighted by Crippen LogP contribution is -2.37. The Hall–Kier alpha value is -1.25. The van der Waals surface area contributed by atoms with Gasteiger partial charge in [0.15, 0.2) is 0 Å². The average molecular weight is 181 g/mol. The van der Waals surface area contributed by atoms with Gasteiger partial charge in [-0.2, -0.15) is 0 Å². The molecule has 13 heavy (non-hydrogen) atoms. The van der Waals surface area contributed by atoms with E-state index in [0.717, 1.165) is 6.42 Å². The molecule has 3 nitrogen and oxygen atoms in total. The third-order valence-corrected chi connectivity index (χ3v) is 2.37. The molecule has 0 radical (unpaired) electrons. The molecule has 1 aromatic rings. The van der Waals surface area contributed by atoms with Crippen LogP contribution in [-0.2, 0) is 10.3 Å². The van der Waals surface area contributed by atoms with Crippen LogP contribution < -0.4 is 0 Å². The second-order valence-electron chi connectivity index (χ2n) is 3.42. The van der Waals surface area contributed by atoms with Gasteiger partial charge in [0.2, 0.25) is 0 Å². The van der Waals surface area contributed by atoms with E-state index in [2.05, 4.69) is 0 Å². The maximum absolute atomic E-state index is 11.1. The number of hydrogen-bond acceptors (Lipinski definition) is 1. The molecule has 0 bridgehead atoms. The van der Waals surface area contributed by atoms with Gasteiger partial charge in [0.05, 0.1) is 0 Å². The molecule has 0 saturated heterocycles. The van der Waals surface area contributed by atoms with Crippen molar-refractivity contribution >= 4 is 5.97 Å². The lowest BCUT2D eigenvalue weighted by Gasteiger charge is -2.26. The van der Waals surface area contributed by atoms with E-state index in [1.807, 2.05) is 19.1 Å². The molecule has 0 aliphatic carbocycles. The second kappa shape index (κ2) is 3.64. The van der Waals surface area contributed by atoms with E-state index in [1.165, 1.54) is 0 Å². The van der Waals surface area contributed by atoms with Gasteiger partial charge < -0.3 is 9.67 Å². The van der Waals surface area contributed by atoms with Gasteiger partial charge in [0.25, 0.3) is 0 Å². The Morgan fingerprint density at radius 3 is 2.38 bits per heavy atom. The quantitative estimate of drug-likeness (QED) is 0.772. The first-order valence-corrected chi connectivity index (χ1v) is 4.48. The van der Waals surface area contributed by atoms with Crippen molar-refractivity contribution in [1.29, 1.82) is 0 Å². The summed E-state index contributed by atoms with van der Waals surface area (Å²) in [7, 11) is 0. The summed E-state index contributed by atoms with van der Waals surface area (Å²) in [5.74, 6) is -0.773. The van der Waals surface area contributed by atoms with Crippen LogP contribution in [0.25, 0.3) is 0 Å². The van der Waals surface area contributed by atoms with Crippen molar-refractivity contribution in [3.8, 4) is 0 Å². The van der Waals surface area contributed by atoms with Gasteiger partial charge in [-0.3, -0.25) is 0 Å². The van der Waals surface area contributed by atoms with Crippen molar-refractivity contribution in [2.24, 2.45) is 0 Å². The number of carbonyl (C=O) groups is 1. The smallest absolute Gasteiger partial charge is 0.329 e. The van der Waals surface area contributed by atoms with E-state index in [0.29, 0.717) is 6.42 Å². The maximum Gasteiger partial charge on any atom is 0.329 e. The highest BCUT2D eigenvalue weighted by Gasteiger charge is 2.32. The van der Waals surface area contributed by atoms with E-state index >= 15 is 0 Å². The molecular weight excluding hydrogens is 166 g/mol. The Morgan fingerprint density at radius 1 is 1.46 bits per heavy atom. The third kappa shape index (κ3) is 1.74. The molecule has 0 spiro atoms. The summed E-state index contributed by atoms with van der Waals surface area (Å²) < 4.78 is 1.75. The van der Waals surface area contributed by atoms with Gasteiger partial charge in [-0.1, -0.05) is 13.3 Å². The van der Waals surface area contributed by atoms with Crippen molar-refractivity contribution in [2.45, 2.75) is 32.2 Å². The molecule has 0 aliphatic heterocycles. The SMILES string of the molecule is CCCC(C)(C(=O)O)n1cccc1. The van der Waals surface area contributed by atoms with E-state index in [4.69, 9.17) is 5.11 Å². The van der Waals surface area contributed by atoms with Gasteiger partial charge >= 0.3 is 5.97 Å². The molecule has 1 N–H and O–H groups in total. The first-order chi connectivity index (χ1) is 6.11. The van der Waals surface area contributed by atoms with Crippen LogP contribution in [0, 0.1) is 0 Å². The van der Waals surface area contributed by atoms with Crippen LogP contribution in [0.1, 0.15) is 26.7 Å². The topological polar surface area (TPSA) is 42.2 Å². The number of nitrogens with zero attached hydrogens (tertiary/aromatic N) is 1. The monoisotopic (exact) mass is 181 g/mol. The number of carboxylic acid groups (broad SMARTS) is 1. The fourth-order valence-electron chi connectivity index (χ4n) is 1.50. The predicted molar refractivity (Wildman–Crippen MR) is 50.6 cm³/mol. The van der Waals surface area contributed by atoms with Crippen LogP contribution in [0.4, 0.5) is 0 Å². The summed E-state index contributed by atoms with van der Waals surface area (Å²) in [5.41, 5.74) is -0.793. The first-order valence-electron chi connectivity index (χ1n) is 4.48. The molecule has 1 unspecified atom stereocenters. The molecule has 0 fully saturated rings. The molecule has 0 aliphatic rings. The van der Waals surface area contributed by atoms with Crippen LogP contribution in [0.2, 0.25) is 0 Å². The minimum absolute atomic E-state index is 0.650. The van der Waals surface area contributed by atoms with Crippen molar-refractivity contribution < 1.29 is 9.90 Å². The van der Waals surface area contributed by atoms with E-state index < -0.39 is 11.5 Å². The highest BCUT2D eigenvalue weighted by Crippen LogP contribution is 2.22. The highest BCUT2D eigenvalue weighted by atomic mass is 16.4. The summed E-state index contributed by atoms with van der Waals surface area (Å²) in [4.78, 5) is 11.1. The van der Waals surface area contributed by atoms with Gasteiger partial charge in [-0.15, -0.1) is 0 Å². The molecule has 3 heteroatoms. The molecule has 1 rings (SSSR count). The van der Waals surface area contributed by atoms with Crippen LogP contribution >= 0.6 is 0 Å². The Bertz CT molecular complexity index is 279. The number of carboxylic acids is 1. The summed E-state index contributed by atoms with van der Waals surface area (Å²) in [6.45, 7) is 3.74. The number of aliphatic carboxylic acids is 1. The molecule has 0 saturated carbocycles. The molecule has 0 aromatic carbocycles. The van der Waals surface area contributed by atoms with Crippen LogP contribution in [0.3, 0.4) is 0 Å². The molecule has 1 heterocycles. The minimum atomic E-state index is -0.793. The lowest BCUT2D eigenvalue weighted by molar-refractivity contribution is -0.147. The second-order valence-corrected chi connectivity index (χ2v) is 3.42. The molecule has 0 amide bonds. The van der Waals surface area contributed by atoms with Crippen molar-refractivity contribution in [3.63, 3.8) is 0 Å². The van der Waals surface area contributed by atoms with Gasteiger partial charge in [-0.25, -0.2) is 4.79 Å². The van der Waals surface area contributed by atoms with Crippen LogP contribution in [0.15, 0.2) is 24.5 Å². The summed E-state index contributed by atoms with van der Waals surface area (Å²) in [6.07, 6.45) is 5.10. The average Bonchev–Trinajstić information content (AvgIpc) is 2.56. The third-order valence-electron chi connectivity index (χ3n) is 2.37. The van der Waals surface area contributed by atoms with Crippen molar-refractivity contribution in [2.75, 3.05) is 0 Å². The zero-order chi connectivity index (χ0) is 9.90. The maximum atomic E-state index is 11.1. The van der Waals surface area contributed by atoms with Gasteiger partial charge in [0.1, 0.15) is 5.54 Å². The first kappa shape index (κ1) is 9.84. The minimum Gasteiger partial charge on any atom is -0.479 e. The lowest BCUT2D eigenvalue weighted by atomic mass is 9.96. The largest absolute Gasteiger partial charge is 0.479 e. The van der Waals surface area contributed by atoms with E-state index in [-0.39, 0.29) is 0 Å². The van der Waals surface area contributed by atoms with Crippen LogP contribution in [0.5, 0.6) is 0 Å². The zero-order valence-electron chi connectivity index (χ0n) is 8.03. The molecule has 1 atom stereocenters. The Kier molecular flexibility index (Phi) is 2.76. The Balaban J connectivity index is 2.98. The molecular formula is C10H15NO2. The van der Waals surface area contributed by atoms with Crippen molar-refractivity contribution in [3.05, 3.63) is 24.5 Å². The molecule has 72 valence electrons.